The van der Waals surface area contributed by atoms with Gasteiger partial charge in [-0.2, -0.15) is 0 Å². The average molecular weight is 257 g/mol. The summed E-state index contributed by atoms with van der Waals surface area (Å²) in [5.41, 5.74) is 0.163. The number of benzene rings is 1. The molecule has 0 saturated heterocycles. The first-order valence-electron chi connectivity index (χ1n) is 6.23. The van der Waals surface area contributed by atoms with Crippen LogP contribution in [0.4, 0.5) is 0 Å². The van der Waals surface area contributed by atoms with Crippen molar-refractivity contribution in [2.45, 2.75) is 11.5 Å². The van der Waals surface area contributed by atoms with Crippen molar-refractivity contribution >= 4 is 11.9 Å². The fourth-order valence-electron chi connectivity index (χ4n) is 3.26. The molecule has 2 aliphatic rings. The van der Waals surface area contributed by atoms with E-state index in [1.165, 1.54) is 13.2 Å². The van der Waals surface area contributed by atoms with E-state index in [1.54, 1.807) is 11.9 Å². The number of ether oxygens (including phenoxy) is 1. The van der Waals surface area contributed by atoms with Gasteiger partial charge in [0.15, 0.2) is 0 Å². The summed E-state index contributed by atoms with van der Waals surface area (Å²) in [6, 6.07) is 9.40. The second-order valence-electron chi connectivity index (χ2n) is 5.01. The van der Waals surface area contributed by atoms with Crippen molar-refractivity contribution in [3.8, 4) is 0 Å². The van der Waals surface area contributed by atoms with Crippen LogP contribution < -0.4 is 0 Å². The zero-order chi connectivity index (χ0) is 13.6. The van der Waals surface area contributed by atoms with E-state index in [1.807, 2.05) is 36.4 Å². The summed E-state index contributed by atoms with van der Waals surface area (Å²) in [4.78, 5) is 25.7. The quantitative estimate of drug-likeness (QED) is 0.746. The largest absolute Gasteiger partial charge is 0.468 e. The maximum Gasteiger partial charge on any atom is 0.319 e. The first-order valence-corrected chi connectivity index (χ1v) is 6.23. The number of esters is 1. The Kier molecular flexibility index (Phi) is 2.49. The zero-order valence-corrected chi connectivity index (χ0v) is 10.9. The smallest absolute Gasteiger partial charge is 0.319 e. The van der Waals surface area contributed by atoms with Gasteiger partial charge in [0.05, 0.1) is 13.2 Å². The third-order valence-corrected chi connectivity index (χ3v) is 4.21. The summed E-state index contributed by atoms with van der Waals surface area (Å²) in [6.45, 7) is 0. The highest BCUT2D eigenvalue weighted by atomic mass is 16.5. The molecule has 0 spiro atoms. The Morgan fingerprint density at radius 1 is 1.32 bits per heavy atom. The SMILES string of the molecule is COC(=O)C1(c2ccccc2)C2C=CC(=O)N(C)C21. The second-order valence-corrected chi connectivity index (χ2v) is 5.01. The molecule has 19 heavy (non-hydrogen) atoms. The Hall–Kier alpha value is -2.10. The van der Waals surface area contributed by atoms with Gasteiger partial charge in [0.1, 0.15) is 5.41 Å². The minimum absolute atomic E-state index is 0.00468. The fourth-order valence-corrected chi connectivity index (χ4v) is 3.26. The average Bonchev–Trinajstić information content (AvgIpc) is 3.14. The van der Waals surface area contributed by atoms with Gasteiger partial charge in [0, 0.05) is 13.0 Å². The molecule has 1 aromatic carbocycles. The molecule has 4 nitrogen and oxygen atoms in total. The molecule has 1 aliphatic heterocycles. The number of amides is 1. The molecule has 1 heterocycles. The molecular weight excluding hydrogens is 242 g/mol. The second kappa shape index (κ2) is 3.95. The lowest BCUT2D eigenvalue weighted by Gasteiger charge is -2.21. The summed E-state index contributed by atoms with van der Waals surface area (Å²) in [7, 11) is 3.13. The van der Waals surface area contributed by atoms with E-state index in [0.717, 1.165) is 5.56 Å². The predicted octanol–water partition coefficient (Wildman–Crippen LogP) is 1.12. The van der Waals surface area contributed by atoms with Crippen LogP contribution in [0.1, 0.15) is 5.56 Å². The Bertz CT molecular complexity index is 566. The molecule has 4 heteroatoms. The first-order chi connectivity index (χ1) is 9.14. The number of hydrogen-bond donors (Lipinski definition) is 0. The van der Waals surface area contributed by atoms with Crippen LogP contribution in [0.5, 0.6) is 0 Å². The van der Waals surface area contributed by atoms with Gasteiger partial charge in [-0.1, -0.05) is 36.4 Å². The molecule has 1 saturated carbocycles. The van der Waals surface area contributed by atoms with E-state index >= 15 is 0 Å². The highest BCUT2D eigenvalue weighted by Crippen LogP contribution is 2.59. The van der Waals surface area contributed by atoms with Crippen molar-refractivity contribution in [1.82, 2.24) is 4.90 Å². The predicted molar refractivity (Wildman–Crippen MR) is 69.3 cm³/mol. The summed E-state index contributed by atoms with van der Waals surface area (Å²) >= 11 is 0. The van der Waals surface area contributed by atoms with E-state index < -0.39 is 5.41 Å². The number of nitrogens with zero attached hydrogens (tertiary/aromatic N) is 1. The van der Waals surface area contributed by atoms with Gasteiger partial charge in [0.25, 0.3) is 0 Å². The number of likely N-dealkylation sites (N-methyl/N-ethyl adjacent to an activating group) is 1. The number of methoxy groups -OCH3 is 1. The highest BCUT2D eigenvalue weighted by Gasteiger charge is 2.73. The molecule has 1 aliphatic carbocycles. The third kappa shape index (κ3) is 1.40. The first kappa shape index (κ1) is 12.0. The number of rotatable bonds is 2. The molecule has 3 unspecified atom stereocenters. The normalized spacial score (nSPS) is 31.9. The lowest BCUT2D eigenvalue weighted by atomic mass is 9.92. The van der Waals surface area contributed by atoms with Crippen LogP contribution in [0.2, 0.25) is 0 Å². The molecule has 98 valence electrons. The lowest BCUT2D eigenvalue weighted by molar-refractivity contribution is -0.144. The summed E-state index contributed by atoms with van der Waals surface area (Å²) in [6.07, 6.45) is 3.37. The van der Waals surface area contributed by atoms with Crippen LogP contribution >= 0.6 is 0 Å². The van der Waals surface area contributed by atoms with Gasteiger partial charge in [-0.25, -0.2) is 0 Å². The molecular formula is C15H15NO3. The maximum atomic E-state index is 12.3. The van der Waals surface area contributed by atoms with E-state index in [2.05, 4.69) is 0 Å². The van der Waals surface area contributed by atoms with Gasteiger partial charge < -0.3 is 9.64 Å². The van der Waals surface area contributed by atoms with Crippen LogP contribution in [0.25, 0.3) is 0 Å². The Morgan fingerprint density at radius 3 is 2.63 bits per heavy atom. The van der Waals surface area contributed by atoms with Gasteiger partial charge in [0.2, 0.25) is 5.91 Å². The van der Waals surface area contributed by atoms with Crippen LogP contribution in [-0.2, 0) is 19.7 Å². The maximum absolute atomic E-state index is 12.3. The fraction of sp³-hybridized carbons (Fsp3) is 0.333. The van der Waals surface area contributed by atoms with Gasteiger partial charge in [-0.05, 0) is 11.6 Å². The summed E-state index contributed by atoms with van der Waals surface area (Å²) < 4.78 is 5.00. The molecule has 3 rings (SSSR count). The highest BCUT2D eigenvalue weighted by molar-refractivity contribution is 5.97. The van der Waals surface area contributed by atoms with Crippen LogP contribution in [0.15, 0.2) is 42.5 Å². The Morgan fingerprint density at radius 2 is 2.00 bits per heavy atom. The Balaban J connectivity index is 2.11. The molecule has 0 N–H and O–H groups in total. The lowest BCUT2D eigenvalue weighted by Crippen LogP contribution is -2.36. The summed E-state index contributed by atoms with van der Waals surface area (Å²) in [5.74, 6) is -0.340. The van der Waals surface area contributed by atoms with Gasteiger partial charge in [-0.3, -0.25) is 9.59 Å². The minimum Gasteiger partial charge on any atom is -0.468 e. The molecule has 1 amide bonds. The number of carbonyl (C=O) groups excluding carboxylic acids is 2. The molecule has 0 bridgehead atoms. The van der Waals surface area contributed by atoms with Crippen LogP contribution in [0.3, 0.4) is 0 Å². The zero-order valence-electron chi connectivity index (χ0n) is 10.9. The standard InChI is InChI=1S/C15H15NO3/c1-16-12(17)9-8-11-13(16)15(11,14(18)19-2)10-6-4-3-5-7-10/h3-9,11,13H,1-2H3. The van der Waals surface area contributed by atoms with E-state index in [-0.39, 0.29) is 23.8 Å². The number of carbonyl (C=O) groups is 2. The van der Waals surface area contributed by atoms with E-state index in [0.29, 0.717) is 0 Å². The van der Waals surface area contributed by atoms with Crippen molar-refractivity contribution in [2.24, 2.45) is 5.92 Å². The molecule has 1 fully saturated rings. The minimum atomic E-state index is -0.743. The van der Waals surface area contributed by atoms with Crippen molar-refractivity contribution in [2.75, 3.05) is 14.2 Å². The molecule has 1 aromatic rings. The van der Waals surface area contributed by atoms with Gasteiger partial charge in [-0.15, -0.1) is 0 Å². The van der Waals surface area contributed by atoms with Crippen molar-refractivity contribution in [1.29, 1.82) is 0 Å². The van der Waals surface area contributed by atoms with Crippen molar-refractivity contribution in [3.63, 3.8) is 0 Å². The molecule has 0 radical (unpaired) electrons. The topological polar surface area (TPSA) is 46.6 Å². The molecule has 0 aromatic heterocycles. The van der Waals surface area contributed by atoms with Crippen LogP contribution in [0, 0.1) is 5.92 Å². The molecule has 3 atom stereocenters. The third-order valence-electron chi connectivity index (χ3n) is 4.21. The van der Waals surface area contributed by atoms with E-state index in [4.69, 9.17) is 4.74 Å². The van der Waals surface area contributed by atoms with Crippen LogP contribution in [-0.4, -0.2) is 37.0 Å². The number of hydrogen-bond acceptors (Lipinski definition) is 3. The van der Waals surface area contributed by atoms with Gasteiger partial charge >= 0.3 is 5.97 Å². The number of fused-ring (bicyclic) bond motifs is 1. The monoisotopic (exact) mass is 257 g/mol. The van der Waals surface area contributed by atoms with Crippen molar-refractivity contribution in [3.05, 3.63) is 48.0 Å². The van der Waals surface area contributed by atoms with Crippen molar-refractivity contribution < 1.29 is 14.3 Å². The van der Waals surface area contributed by atoms with E-state index in [9.17, 15) is 9.59 Å². The summed E-state index contributed by atoms with van der Waals surface area (Å²) in [5, 5.41) is 0. The Labute approximate surface area is 111 Å².